The lowest BCUT2D eigenvalue weighted by molar-refractivity contribution is -0.153. The minimum absolute atomic E-state index is 0.0415. The van der Waals surface area contributed by atoms with E-state index in [9.17, 15) is 23.1 Å². The van der Waals surface area contributed by atoms with Gasteiger partial charge in [0.1, 0.15) is 5.75 Å². The molecule has 1 aromatic carbocycles. The minimum atomic E-state index is -4.48. The molecular weight excluding hydrogens is 460 g/mol. The maximum absolute atomic E-state index is 12.4. The molecule has 0 saturated carbocycles. The van der Waals surface area contributed by atoms with E-state index in [1.807, 2.05) is 43.4 Å². The Bertz CT molecular complexity index is 603. The van der Waals surface area contributed by atoms with Gasteiger partial charge in [0.15, 0.2) is 6.61 Å². The number of halogens is 5. The maximum Gasteiger partial charge on any atom is 0.422 e. The lowest BCUT2D eigenvalue weighted by Gasteiger charge is -2.22. The van der Waals surface area contributed by atoms with Crippen LogP contribution in [0.1, 0.15) is 44.2 Å². The van der Waals surface area contributed by atoms with Crippen molar-refractivity contribution in [1.82, 2.24) is 0 Å². The standard InChI is InChI=1S/C16H19ClF3IO3/c1-4-9-10(11(15(22)23)5-8(2)3)6-12(14(21)13(9)17)24-7-16(18,19)20/h6,8,11H,4-5,7H2,1-3H3,(H,22,23). The average molecular weight is 479 g/mol. The van der Waals surface area contributed by atoms with Crippen LogP contribution in [0.4, 0.5) is 13.2 Å². The van der Waals surface area contributed by atoms with Gasteiger partial charge in [-0.1, -0.05) is 32.4 Å². The van der Waals surface area contributed by atoms with E-state index in [-0.39, 0.29) is 16.7 Å². The summed E-state index contributed by atoms with van der Waals surface area (Å²) in [6.07, 6.45) is -3.65. The summed E-state index contributed by atoms with van der Waals surface area (Å²) < 4.78 is 42.5. The fourth-order valence-electron chi connectivity index (χ4n) is 2.43. The highest BCUT2D eigenvalue weighted by Crippen LogP contribution is 2.39. The number of hydrogen-bond acceptors (Lipinski definition) is 2. The summed E-state index contributed by atoms with van der Waals surface area (Å²) in [6, 6.07) is 1.39. The van der Waals surface area contributed by atoms with Crippen LogP contribution in [0.3, 0.4) is 0 Å². The number of hydrogen-bond donors (Lipinski definition) is 1. The number of alkyl halides is 3. The lowest BCUT2D eigenvalue weighted by atomic mass is 9.86. The Morgan fingerprint density at radius 3 is 2.42 bits per heavy atom. The molecule has 0 aliphatic carbocycles. The first-order valence-electron chi connectivity index (χ1n) is 7.41. The monoisotopic (exact) mass is 478 g/mol. The Morgan fingerprint density at radius 2 is 2.00 bits per heavy atom. The van der Waals surface area contributed by atoms with Crippen molar-refractivity contribution in [2.45, 2.75) is 45.7 Å². The molecule has 1 rings (SSSR count). The number of ether oxygens (including phenoxy) is 1. The zero-order chi connectivity index (χ0) is 18.7. The van der Waals surface area contributed by atoms with Crippen molar-refractivity contribution >= 4 is 40.2 Å². The molecule has 1 aromatic rings. The van der Waals surface area contributed by atoms with E-state index < -0.39 is 24.7 Å². The summed E-state index contributed by atoms with van der Waals surface area (Å²) >= 11 is 8.09. The molecule has 136 valence electrons. The highest BCUT2D eigenvalue weighted by molar-refractivity contribution is 14.1. The smallest absolute Gasteiger partial charge is 0.422 e. The third kappa shape index (κ3) is 5.68. The summed E-state index contributed by atoms with van der Waals surface area (Å²) in [5.74, 6) is -1.81. The third-order valence-electron chi connectivity index (χ3n) is 3.43. The Hall–Kier alpha value is -0.700. The summed E-state index contributed by atoms with van der Waals surface area (Å²) in [6.45, 7) is 4.14. The second-order valence-electron chi connectivity index (χ2n) is 5.85. The topological polar surface area (TPSA) is 46.5 Å². The number of carboxylic acid groups (broad SMARTS) is 1. The molecule has 0 aliphatic rings. The average Bonchev–Trinajstić information content (AvgIpc) is 2.45. The summed E-state index contributed by atoms with van der Waals surface area (Å²) in [5, 5.41) is 9.79. The van der Waals surface area contributed by atoms with Crippen LogP contribution in [0.2, 0.25) is 5.02 Å². The number of rotatable bonds is 7. The van der Waals surface area contributed by atoms with E-state index >= 15 is 0 Å². The Labute approximate surface area is 157 Å². The first-order chi connectivity index (χ1) is 11.0. The Balaban J connectivity index is 3.40. The van der Waals surface area contributed by atoms with Gasteiger partial charge in [-0.15, -0.1) is 0 Å². The fourth-order valence-corrected chi connectivity index (χ4v) is 3.40. The van der Waals surface area contributed by atoms with Crippen LogP contribution in [-0.4, -0.2) is 23.9 Å². The molecule has 0 fully saturated rings. The van der Waals surface area contributed by atoms with E-state index in [0.29, 0.717) is 27.5 Å². The van der Waals surface area contributed by atoms with E-state index in [0.717, 1.165) is 0 Å². The number of benzene rings is 1. The molecule has 0 bridgehead atoms. The summed E-state index contributed by atoms with van der Waals surface area (Å²) in [7, 11) is 0. The van der Waals surface area contributed by atoms with Crippen LogP contribution < -0.4 is 4.74 Å². The third-order valence-corrected chi connectivity index (χ3v) is 5.24. The summed E-state index contributed by atoms with van der Waals surface area (Å²) in [5.41, 5.74) is 1.05. The molecule has 0 radical (unpaired) electrons. The largest absolute Gasteiger partial charge is 0.483 e. The maximum atomic E-state index is 12.4. The van der Waals surface area contributed by atoms with Gasteiger partial charge in [-0.25, -0.2) is 0 Å². The normalized spacial score (nSPS) is 13.2. The predicted octanol–water partition coefficient (Wildman–Crippen LogP) is 5.66. The van der Waals surface area contributed by atoms with Gasteiger partial charge >= 0.3 is 12.1 Å². The van der Waals surface area contributed by atoms with Gasteiger partial charge in [0.25, 0.3) is 0 Å². The van der Waals surface area contributed by atoms with Crippen molar-refractivity contribution < 1.29 is 27.8 Å². The molecule has 1 atom stereocenters. The molecule has 8 heteroatoms. The van der Waals surface area contributed by atoms with Crippen molar-refractivity contribution in [2.75, 3.05) is 6.61 Å². The molecule has 0 aromatic heterocycles. The molecule has 24 heavy (non-hydrogen) atoms. The lowest BCUT2D eigenvalue weighted by Crippen LogP contribution is -2.21. The summed E-state index contributed by atoms with van der Waals surface area (Å²) in [4.78, 5) is 11.7. The first kappa shape index (κ1) is 21.3. The van der Waals surface area contributed by atoms with Crippen LogP contribution in [0, 0.1) is 9.49 Å². The van der Waals surface area contributed by atoms with Crippen molar-refractivity contribution in [3.63, 3.8) is 0 Å². The van der Waals surface area contributed by atoms with Crippen LogP contribution in [0.5, 0.6) is 5.75 Å². The first-order valence-corrected chi connectivity index (χ1v) is 8.86. The van der Waals surface area contributed by atoms with Crippen LogP contribution in [0.15, 0.2) is 6.07 Å². The SMILES string of the molecule is CCc1c(C(CC(C)C)C(=O)O)cc(OCC(F)(F)F)c(I)c1Cl. The highest BCUT2D eigenvalue weighted by atomic mass is 127. The molecule has 1 N–H and O–H groups in total. The molecular formula is C16H19ClF3IO3. The van der Waals surface area contributed by atoms with E-state index in [1.165, 1.54) is 6.07 Å². The van der Waals surface area contributed by atoms with E-state index in [4.69, 9.17) is 16.3 Å². The van der Waals surface area contributed by atoms with Crippen molar-refractivity contribution in [3.05, 3.63) is 25.8 Å². The minimum Gasteiger partial charge on any atom is -0.483 e. The second-order valence-corrected chi connectivity index (χ2v) is 7.30. The van der Waals surface area contributed by atoms with Gasteiger partial charge in [0.05, 0.1) is 14.5 Å². The van der Waals surface area contributed by atoms with E-state index in [1.54, 1.807) is 0 Å². The van der Waals surface area contributed by atoms with Gasteiger partial charge < -0.3 is 9.84 Å². The number of carboxylic acids is 1. The van der Waals surface area contributed by atoms with Gasteiger partial charge in [-0.05, 0) is 58.5 Å². The predicted molar refractivity (Wildman–Crippen MR) is 94.9 cm³/mol. The van der Waals surface area contributed by atoms with Crippen LogP contribution >= 0.6 is 34.2 Å². The van der Waals surface area contributed by atoms with Crippen molar-refractivity contribution in [3.8, 4) is 5.75 Å². The molecule has 1 unspecified atom stereocenters. The molecule has 0 spiro atoms. The van der Waals surface area contributed by atoms with Gasteiger partial charge in [0.2, 0.25) is 0 Å². The fraction of sp³-hybridized carbons (Fsp3) is 0.562. The van der Waals surface area contributed by atoms with Crippen molar-refractivity contribution in [1.29, 1.82) is 0 Å². The number of aliphatic carboxylic acids is 1. The molecule has 0 amide bonds. The Kier molecular flexibility index (Phi) is 7.65. The van der Waals surface area contributed by atoms with E-state index in [2.05, 4.69) is 0 Å². The van der Waals surface area contributed by atoms with Crippen molar-refractivity contribution in [2.24, 2.45) is 5.92 Å². The molecule has 0 aliphatic heterocycles. The zero-order valence-corrected chi connectivity index (χ0v) is 16.4. The quantitative estimate of drug-likeness (QED) is 0.514. The highest BCUT2D eigenvalue weighted by Gasteiger charge is 2.31. The molecule has 3 nitrogen and oxygen atoms in total. The second kappa shape index (κ2) is 8.60. The number of carbonyl (C=O) groups is 1. The van der Waals surface area contributed by atoms with Gasteiger partial charge in [-0.2, -0.15) is 13.2 Å². The van der Waals surface area contributed by atoms with Crippen LogP contribution in [-0.2, 0) is 11.2 Å². The zero-order valence-electron chi connectivity index (χ0n) is 13.5. The van der Waals surface area contributed by atoms with Crippen LogP contribution in [0.25, 0.3) is 0 Å². The Morgan fingerprint density at radius 1 is 1.42 bits per heavy atom. The molecule has 0 saturated heterocycles. The molecule has 0 heterocycles. The van der Waals surface area contributed by atoms with Gasteiger partial charge in [0, 0.05) is 0 Å². The van der Waals surface area contributed by atoms with Gasteiger partial charge in [-0.3, -0.25) is 4.79 Å².